The second kappa shape index (κ2) is 4.54. The summed E-state index contributed by atoms with van der Waals surface area (Å²) in [5.41, 5.74) is 0.544. The number of aromatic nitrogens is 1. The minimum absolute atomic E-state index is 0. The predicted octanol–water partition coefficient (Wildman–Crippen LogP) is 1.10. The van der Waals surface area contributed by atoms with E-state index in [9.17, 15) is 8.42 Å². The summed E-state index contributed by atoms with van der Waals surface area (Å²) in [6, 6.07) is 9.96. The van der Waals surface area contributed by atoms with Crippen molar-refractivity contribution in [2.24, 2.45) is 0 Å². The van der Waals surface area contributed by atoms with Crippen molar-refractivity contribution < 1.29 is 13.0 Å². The summed E-state index contributed by atoms with van der Waals surface area (Å²) in [5, 5.41) is 0.510. The average Bonchev–Trinajstić information content (AvgIpc) is 2.16. The van der Waals surface area contributed by atoms with Gasteiger partial charge in [-0.3, -0.25) is 4.55 Å². The van der Waals surface area contributed by atoms with Gasteiger partial charge in [-0.15, -0.1) is 0 Å². The first-order valence-electron chi connectivity index (χ1n) is 3.91. The van der Waals surface area contributed by atoms with Gasteiger partial charge in [0.05, 0.1) is 5.52 Å². The number of nitrogens with zero attached hydrogens (tertiary/aromatic N) is 1. The first-order valence-corrected chi connectivity index (χ1v) is 5.35. The van der Waals surface area contributed by atoms with Crippen LogP contribution in [0.1, 0.15) is 0 Å². The molecule has 0 fully saturated rings. The molecule has 0 saturated heterocycles. The van der Waals surface area contributed by atoms with Crippen LogP contribution in [0, 0.1) is 0 Å². The maximum atomic E-state index is 10.8. The number of rotatable bonds is 1. The van der Waals surface area contributed by atoms with Crippen molar-refractivity contribution in [1.82, 2.24) is 4.98 Å². The predicted molar refractivity (Wildman–Crippen MR) is 57.3 cm³/mol. The molecular weight excluding hydrogens is 409 g/mol. The van der Waals surface area contributed by atoms with Crippen LogP contribution in [0.4, 0.5) is 0 Å². The molecule has 0 bridgehead atoms. The van der Waals surface area contributed by atoms with Gasteiger partial charge in [-0.2, -0.15) is 8.42 Å². The smallest absolute Gasteiger partial charge is 0.281 e. The molecule has 2 rings (SSSR count). The minimum Gasteiger partial charge on any atom is -0.281 e. The van der Waals surface area contributed by atoms with Gasteiger partial charge < -0.3 is 0 Å². The van der Waals surface area contributed by atoms with E-state index in [4.69, 9.17) is 4.55 Å². The number of hydrogen-bond acceptors (Lipinski definition) is 3. The average molecular weight is 416 g/mol. The fourth-order valence-electron chi connectivity index (χ4n) is 1.19. The van der Waals surface area contributed by atoms with E-state index in [-0.39, 0.29) is 32.3 Å². The molecular formula is C9H7NO3PbS. The van der Waals surface area contributed by atoms with Gasteiger partial charge in [-0.05, 0) is 18.2 Å². The van der Waals surface area contributed by atoms with Gasteiger partial charge in [0.15, 0.2) is 5.03 Å². The van der Waals surface area contributed by atoms with E-state index in [1.165, 1.54) is 6.07 Å². The molecule has 0 spiro atoms. The van der Waals surface area contributed by atoms with Gasteiger partial charge in [0, 0.05) is 32.7 Å². The van der Waals surface area contributed by atoms with Crippen molar-refractivity contribution in [3.8, 4) is 0 Å². The minimum atomic E-state index is -4.21. The molecule has 0 aliphatic rings. The molecule has 6 heteroatoms. The van der Waals surface area contributed by atoms with E-state index in [2.05, 4.69) is 4.98 Å². The molecule has 1 aromatic heterocycles. The fourth-order valence-corrected chi connectivity index (χ4v) is 1.64. The summed E-state index contributed by atoms with van der Waals surface area (Å²) in [6.45, 7) is 0. The molecule has 1 aromatic carbocycles. The van der Waals surface area contributed by atoms with Gasteiger partial charge in [0.1, 0.15) is 0 Å². The summed E-state index contributed by atoms with van der Waals surface area (Å²) in [6.07, 6.45) is 0. The van der Waals surface area contributed by atoms with Crippen molar-refractivity contribution in [3.63, 3.8) is 0 Å². The summed E-state index contributed by atoms with van der Waals surface area (Å²) < 4.78 is 30.3. The molecule has 0 saturated carbocycles. The number of benzene rings is 1. The zero-order valence-corrected chi connectivity index (χ0v) is 12.3. The Morgan fingerprint density at radius 3 is 2.40 bits per heavy atom. The van der Waals surface area contributed by atoms with Crippen LogP contribution in [0.3, 0.4) is 0 Å². The zero-order valence-electron chi connectivity index (χ0n) is 7.58. The Kier molecular flexibility index (Phi) is 3.79. The Balaban J connectivity index is 0.00000112. The third kappa shape index (κ3) is 2.73. The fraction of sp³-hybridized carbons (Fsp3) is 0. The number of fused-ring (bicyclic) bond motifs is 1. The van der Waals surface area contributed by atoms with Crippen LogP contribution >= 0.6 is 0 Å². The van der Waals surface area contributed by atoms with Gasteiger partial charge in [0.2, 0.25) is 0 Å². The summed E-state index contributed by atoms with van der Waals surface area (Å²) in [5.74, 6) is 0. The maximum Gasteiger partial charge on any atom is 0.312 e. The van der Waals surface area contributed by atoms with Crippen LogP contribution in [0.2, 0.25) is 0 Å². The quantitative estimate of drug-likeness (QED) is 0.559. The Labute approximate surface area is 107 Å². The molecule has 1 heterocycles. The first kappa shape index (κ1) is 12.5. The van der Waals surface area contributed by atoms with E-state index < -0.39 is 10.1 Å². The number of para-hydroxylation sites is 1. The molecule has 76 valence electrons. The van der Waals surface area contributed by atoms with E-state index in [0.717, 1.165) is 5.39 Å². The van der Waals surface area contributed by atoms with Gasteiger partial charge >= 0.3 is 10.1 Å². The first-order chi connectivity index (χ1) is 6.57. The summed E-state index contributed by atoms with van der Waals surface area (Å²) in [4.78, 5) is 3.81. The molecule has 4 nitrogen and oxygen atoms in total. The molecule has 4 radical (unpaired) electrons. The molecule has 0 unspecified atom stereocenters. The zero-order chi connectivity index (χ0) is 10.2. The Morgan fingerprint density at radius 1 is 1.07 bits per heavy atom. The monoisotopic (exact) mass is 417 g/mol. The van der Waals surface area contributed by atoms with Crippen molar-refractivity contribution >= 4 is 48.3 Å². The Hall–Kier alpha value is -0.538. The molecule has 15 heavy (non-hydrogen) atoms. The van der Waals surface area contributed by atoms with Crippen molar-refractivity contribution in [3.05, 3.63) is 36.4 Å². The summed E-state index contributed by atoms with van der Waals surface area (Å²) >= 11 is 0. The van der Waals surface area contributed by atoms with E-state index in [0.29, 0.717) is 5.52 Å². The van der Waals surface area contributed by atoms with Gasteiger partial charge in [-0.1, -0.05) is 18.2 Å². The third-order valence-corrected chi connectivity index (χ3v) is 2.59. The van der Waals surface area contributed by atoms with E-state index in [1.807, 2.05) is 12.1 Å². The normalized spacial score (nSPS) is 11.0. The number of hydrogen-bond donors (Lipinski definition) is 1. The van der Waals surface area contributed by atoms with Crippen LogP contribution in [0.25, 0.3) is 10.9 Å². The molecule has 0 aliphatic carbocycles. The topological polar surface area (TPSA) is 67.3 Å². The van der Waals surface area contributed by atoms with Crippen LogP contribution in [0.15, 0.2) is 41.4 Å². The van der Waals surface area contributed by atoms with Crippen LogP contribution in [-0.2, 0) is 10.1 Å². The van der Waals surface area contributed by atoms with E-state index >= 15 is 0 Å². The van der Waals surface area contributed by atoms with Crippen LogP contribution < -0.4 is 0 Å². The maximum absolute atomic E-state index is 10.8. The SMILES string of the molecule is O=S(=O)(O)c1ccc2ccccc2n1.[Pb]. The Bertz CT molecular complexity index is 583. The van der Waals surface area contributed by atoms with Crippen LogP contribution in [0.5, 0.6) is 0 Å². The van der Waals surface area contributed by atoms with Crippen molar-refractivity contribution in [1.29, 1.82) is 0 Å². The third-order valence-electron chi connectivity index (χ3n) is 1.84. The molecule has 0 amide bonds. The second-order valence-electron chi connectivity index (χ2n) is 2.82. The number of pyridine rings is 1. The molecule has 2 aromatic rings. The largest absolute Gasteiger partial charge is 0.312 e. The molecule has 0 atom stereocenters. The van der Waals surface area contributed by atoms with Gasteiger partial charge in [0.25, 0.3) is 0 Å². The summed E-state index contributed by atoms with van der Waals surface area (Å²) in [7, 11) is -4.21. The van der Waals surface area contributed by atoms with Crippen molar-refractivity contribution in [2.45, 2.75) is 5.03 Å². The van der Waals surface area contributed by atoms with Gasteiger partial charge in [-0.25, -0.2) is 4.98 Å². The van der Waals surface area contributed by atoms with Crippen molar-refractivity contribution in [2.75, 3.05) is 0 Å². The van der Waals surface area contributed by atoms with Crippen LogP contribution in [-0.4, -0.2) is 45.3 Å². The molecule has 0 aliphatic heterocycles. The van der Waals surface area contributed by atoms with E-state index in [1.54, 1.807) is 18.2 Å². The standard InChI is InChI=1S/C9H7NO3S.Pb/c11-14(12,13)9-6-5-7-3-1-2-4-8(7)10-9;/h1-6H,(H,11,12,13);. The Morgan fingerprint density at radius 2 is 1.73 bits per heavy atom. The second-order valence-corrected chi connectivity index (χ2v) is 4.19. The molecule has 1 N–H and O–H groups in total.